The van der Waals surface area contributed by atoms with Gasteiger partial charge in [-0.3, -0.25) is 4.79 Å². The number of nitrogens with one attached hydrogen (secondary N) is 1. The Bertz CT molecular complexity index is 1030. The lowest BCUT2D eigenvalue weighted by molar-refractivity contribution is -0.120. The maximum Gasteiger partial charge on any atom is 0.234 e. The zero-order valence-electron chi connectivity index (χ0n) is 14.7. The zero-order valence-corrected chi connectivity index (χ0v) is 15.4. The fraction of sp³-hybridized carbons (Fsp3) is 0.300. The van der Waals surface area contributed by atoms with E-state index < -0.39 is 0 Å². The molecule has 1 amide bonds. The lowest BCUT2D eigenvalue weighted by Crippen LogP contribution is -2.21. The fourth-order valence-electron chi connectivity index (χ4n) is 3.04. The molecular formula is C20H18ClN5O. The largest absolute Gasteiger partial charge is 0.351 e. The van der Waals surface area contributed by atoms with Crippen LogP contribution in [0.25, 0.3) is 22.2 Å². The summed E-state index contributed by atoms with van der Waals surface area (Å²) in [6, 6.07) is 13.7. The first kappa shape index (κ1) is 17.5. The molecule has 3 aromatic rings. The third-order valence-electron chi connectivity index (χ3n) is 4.75. The highest BCUT2D eigenvalue weighted by molar-refractivity contribution is 6.37. The van der Waals surface area contributed by atoms with Gasteiger partial charge in [-0.05, 0) is 36.0 Å². The van der Waals surface area contributed by atoms with Crippen molar-refractivity contribution < 1.29 is 4.79 Å². The van der Waals surface area contributed by atoms with Crippen molar-refractivity contribution in [1.82, 2.24) is 20.3 Å². The summed E-state index contributed by atoms with van der Waals surface area (Å²) in [6.07, 6.45) is 2.39. The molecule has 1 aliphatic rings. The molecule has 1 saturated carbocycles. The van der Waals surface area contributed by atoms with Gasteiger partial charge >= 0.3 is 0 Å². The molecule has 0 unspecified atom stereocenters. The van der Waals surface area contributed by atoms with E-state index in [1.807, 2.05) is 47.1 Å². The van der Waals surface area contributed by atoms with Gasteiger partial charge in [0, 0.05) is 18.7 Å². The van der Waals surface area contributed by atoms with Crippen LogP contribution in [-0.4, -0.2) is 20.9 Å². The van der Waals surface area contributed by atoms with Crippen molar-refractivity contribution in [3.05, 3.63) is 47.0 Å². The van der Waals surface area contributed by atoms with Gasteiger partial charge in [0.15, 0.2) is 0 Å². The van der Waals surface area contributed by atoms with Crippen LogP contribution >= 0.6 is 11.6 Å². The Morgan fingerprint density at radius 3 is 2.74 bits per heavy atom. The second kappa shape index (κ2) is 7.37. The van der Waals surface area contributed by atoms with E-state index in [1.54, 1.807) is 0 Å². The Balaban J connectivity index is 1.54. The standard InChI is InChI=1S/C20H18ClN5O/c21-19-16(7-8-17-20(19)24-25-26(17)12-14-1-2-14)15-5-3-13(4-6-15)11-23-18(27)9-10-22/h3-8,14H,1-2,9,11-12H2,(H,23,27). The molecular weight excluding hydrogens is 362 g/mol. The van der Waals surface area contributed by atoms with E-state index in [1.165, 1.54) is 12.8 Å². The second-order valence-electron chi connectivity index (χ2n) is 6.82. The van der Waals surface area contributed by atoms with Crippen LogP contribution < -0.4 is 5.32 Å². The molecule has 27 heavy (non-hydrogen) atoms. The summed E-state index contributed by atoms with van der Waals surface area (Å²) < 4.78 is 1.94. The average Bonchev–Trinajstić information content (AvgIpc) is 3.40. The Morgan fingerprint density at radius 1 is 1.26 bits per heavy atom. The van der Waals surface area contributed by atoms with Crippen LogP contribution in [0.4, 0.5) is 0 Å². The molecule has 0 bridgehead atoms. The monoisotopic (exact) mass is 379 g/mol. The minimum absolute atomic E-state index is 0.130. The summed E-state index contributed by atoms with van der Waals surface area (Å²) in [5, 5.41) is 20.4. The SMILES string of the molecule is N#CCC(=O)NCc1ccc(-c2ccc3c(nnn3CC3CC3)c2Cl)cc1. The first-order valence-electron chi connectivity index (χ1n) is 8.90. The lowest BCUT2D eigenvalue weighted by Gasteiger charge is -2.08. The van der Waals surface area contributed by atoms with Crippen LogP contribution in [0, 0.1) is 17.2 Å². The van der Waals surface area contributed by atoms with Gasteiger partial charge in [0.1, 0.15) is 11.9 Å². The molecule has 1 aliphatic carbocycles. The van der Waals surface area contributed by atoms with Gasteiger partial charge in [0.25, 0.3) is 0 Å². The van der Waals surface area contributed by atoms with Crippen molar-refractivity contribution >= 4 is 28.5 Å². The summed E-state index contributed by atoms with van der Waals surface area (Å²) in [5.74, 6) is 0.443. The molecule has 136 valence electrons. The summed E-state index contributed by atoms with van der Waals surface area (Å²) in [7, 11) is 0. The van der Waals surface area contributed by atoms with Crippen LogP contribution in [0.1, 0.15) is 24.8 Å². The molecule has 1 aromatic heterocycles. The number of rotatable bonds is 6. The van der Waals surface area contributed by atoms with Gasteiger partial charge in [-0.2, -0.15) is 5.26 Å². The number of benzene rings is 2. The quantitative estimate of drug-likeness (QED) is 0.707. The third-order valence-corrected chi connectivity index (χ3v) is 5.13. The number of nitriles is 1. The van der Waals surface area contributed by atoms with Gasteiger partial charge in [-0.25, -0.2) is 4.68 Å². The molecule has 0 aliphatic heterocycles. The highest BCUT2D eigenvalue weighted by Gasteiger charge is 2.23. The number of fused-ring (bicyclic) bond motifs is 1. The summed E-state index contributed by atoms with van der Waals surface area (Å²) in [5.41, 5.74) is 4.53. The van der Waals surface area contributed by atoms with Crippen LogP contribution in [0.2, 0.25) is 5.02 Å². The van der Waals surface area contributed by atoms with Crippen molar-refractivity contribution in [2.24, 2.45) is 5.92 Å². The highest BCUT2D eigenvalue weighted by Crippen LogP contribution is 2.35. The van der Waals surface area contributed by atoms with Crippen molar-refractivity contribution in [2.75, 3.05) is 0 Å². The van der Waals surface area contributed by atoms with Crippen LogP contribution in [0.5, 0.6) is 0 Å². The van der Waals surface area contributed by atoms with Gasteiger partial charge in [0.2, 0.25) is 5.91 Å². The molecule has 1 heterocycles. The van der Waals surface area contributed by atoms with E-state index in [0.29, 0.717) is 11.6 Å². The summed E-state index contributed by atoms with van der Waals surface area (Å²) in [6.45, 7) is 1.29. The van der Waals surface area contributed by atoms with Crippen LogP contribution in [-0.2, 0) is 17.9 Å². The van der Waals surface area contributed by atoms with Crippen LogP contribution in [0.15, 0.2) is 36.4 Å². The molecule has 0 atom stereocenters. The van der Waals surface area contributed by atoms with Gasteiger partial charge < -0.3 is 5.32 Å². The lowest BCUT2D eigenvalue weighted by atomic mass is 10.0. The van der Waals surface area contributed by atoms with E-state index in [4.69, 9.17) is 16.9 Å². The number of hydrogen-bond donors (Lipinski definition) is 1. The molecule has 6 nitrogen and oxygen atoms in total. The van der Waals surface area contributed by atoms with E-state index in [9.17, 15) is 4.79 Å². The Hall–Kier alpha value is -2.91. The number of aromatic nitrogens is 3. The van der Waals surface area contributed by atoms with E-state index in [-0.39, 0.29) is 12.3 Å². The highest BCUT2D eigenvalue weighted by atomic mass is 35.5. The van der Waals surface area contributed by atoms with Crippen molar-refractivity contribution in [3.8, 4) is 17.2 Å². The molecule has 7 heteroatoms. The number of amides is 1. The van der Waals surface area contributed by atoms with E-state index >= 15 is 0 Å². The molecule has 1 fully saturated rings. The Morgan fingerprint density at radius 2 is 2.04 bits per heavy atom. The number of halogens is 1. The smallest absolute Gasteiger partial charge is 0.234 e. The Labute approximate surface area is 161 Å². The summed E-state index contributed by atoms with van der Waals surface area (Å²) >= 11 is 6.62. The van der Waals surface area contributed by atoms with Gasteiger partial charge in [-0.1, -0.05) is 47.1 Å². The summed E-state index contributed by atoms with van der Waals surface area (Å²) in [4.78, 5) is 11.4. The van der Waals surface area contributed by atoms with Gasteiger partial charge in [-0.15, -0.1) is 5.10 Å². The topological polar surface area (TPSA) is 83.6 Å². The molecule has 0 spiro atoms. The first-order valence-corrected chi connectivity index (χ1v) is 9.28. The number of carbonyl (C=O) groups is 1. The predicted molar refractivity (Wildman–Crippen MR) is 103 cm³/mol. The second-order valence-corrected chi connectivity index (χ2v) is 7.20. The average molecular weight is 380 g/mol. The molecule has 0 radical (unpaired) electrons. The normalized spacial score (nSPS) is 13.5. The zero-order chi connectivity index (χ0) is 18.8. The molecule has 0 saturated heterocycles. The minimum atomic E-state index is -0.274. The Kier molecular flexibility index (Phi) is 4.78. The van der Waals surface area contributed by atoms with Crippen LogP contribution in [0.3, 0.4) is 0 Å². The molecule has 1 N–H and O–H groups in total. The van der Waals surface area contributed by atoms with Crippen molar-refractivity contribution in [1.29, 1.82) is 5.26 Å². The maximum atomic E-state index is 11.4. The third kappa shape index (κ3) is 3.79. The number of carbonyl (C=O) groups excluding carboxylic acids is 1. The minimum Gasteiger partial charge on any atom is -0.351 e. The van der Waals surface area contributed by atoms with E-state index in [0.717, 1.165) is 40.2 Å². The molecule has 4 rings (SSSR count). The molecule has 2 aromatic carbocycles. The van der Waals surface area contributed by atoms with E-state index in [2.05, 4.69) is 15.6 Å². The number of nitrogens with zero attached hydrogens (tertiary/aromatic N) is 4. The maximum absolute atomic E-state index is 11.4. The van der Waals surface area contributed by atoms with Crippen molar-refractivity contribution in [3.63, 3.8) is 0 Å². The van der Waals surface area contributed by atoms with Crippen molar-refractivity contribution in [2.45, 2.75) is 32.4 Å². The predicted octanol–water partition coefficient (Wildman–Crippen LogP) is 3.69. The fourth-order valence-corrected chi connectivity index (χ4v) is 3.35. The number of hydrogen-bond acceptors (Lipinski definition) is 4. The first-order chi connectivity index (χ1) is 13.2. The van der Waals surface area contributed by atoms with Gasteiger partial charge in [0.05, 0.1) is 16.6 Å².